The van der Waals surface area contributed by atoms with E-state index in [-0.39, 0.29) is 5.56 Å². The zero-order valence-electron chi connectivity index (χ0n) is 10.2. The number of thioether (sulfide) groups is 1. The average Bonchev–Trinajstić information content (AvgIpc) is 3.07. The molecule has 2 aliphatic carbocycles. The van der Waals surface area contributed by atoms with E-state index in [1.165, 1.54) is 38.5 Å². The summed E-state index contributed by atoms with van der Waals surface area (Å²) < 4.78 is 0.639. The van der Waals surface area contributed by atoms with Crippen molar-refractivity contribution in [3.8, 4) is 0 Å². The lowest BCUT2D eigenvalue weighted by Gasteiger charge is -2.09. The molecule has 5 heteroatoms. The van der Waals surface area contributed by atoms with Crippen LogP contribution in [-0.4, -0.2) is 15.2 Å². The lowest BCUT2D eigenvalue weighted by atomic mass is 10.3. The SMILES string of the molecule is O=c1[nH]c(CSC2CCCC2)nc(C2CC2)c1Br. The van der Waals surface area contributed by atoms with Crippen molar-refractivity contribution < 1.29 is 0 Å². The molecule has 3 nitrogen and oxygen atoms in total. The summed E-state index contributed by atoms with van der Waals surface area (Å²) in [5.41, 5.74) is 0.953. The van der Waals surface area contributed by atoms with Crippen molar-refractivity contribution in [3.05, 3.63) is 26.3 Å². The molecule has 0 saturated heterocycles. The van der Waals surface area contributed by atoms with Crippen molar-refractivity contribution in [1.82, 2.24) is 9.97 Å². The first-order chi connectivity index (χ1) is 8.74. The molecular formula is C13H17BrN2OS. The first-order valence-electron chi connectivity index (χ1n) is 6.64. The van der Waals surface area contributed by atoms with Gasteiger partial charge in [0, 0.05) is 11.2 Å². The quantitative estimate of drug-likeness (QED) is 0.918. The van der Waals surface area contributed by atoms with E-state index in [1.54, 1.807) is 0 Å². The lowest BCUT2D eigenvalue weighted by Crippen LogP contribution is -2.15. The van der Waals surface area contributed by atoms with Crippen LogP contribution in [0.1, 0.15) is 56.0 Å². The number of hydrogen-bond donors (Lipinski definition) is 1. The van der Waals surface area contributed by atoms with E-state index in [1.807, 2.05) is 11.8 Å². The number of nitrogens with zero attached hydrogens (tertiary/aromatic N) is 1. The van der Waals surface area contributed by atoms with Crippen LogP contribution in [-0.2, 0) is 5.75 Å². The number of aromatic amines is 1. The number of halogens is 1. The molecule has 0 radical (unpaired) electrons. The van der Waals surface area contributed by atoms with Gasteiger partial charge in [-0.15, -0.1) is 0 Å². The molecule has 1 N–H and O–H groups in total. The molecule has 1 aromatic rings. The van der Waals surface area contributed by atoms with Gasteiger partial charge in [-0.1, -0.05) is 12.8 Å². The second-order valence-electron chi connectivity index (χ2n) is 5.20. The Morgan fingerprint density at radius 2 is 2.00 bits per heavy atom. The minimum atomic E-state index is -0.0195. The fraction of sp³-hybridized carbons (Fsp3) is 0.692. The third-order valence-corrected chi connectivity index (χ3v) is 5.81. The topological polar surface area (TPSA) is 45.8 Å². The van der Waals surface area contributed by atoms with Gasteiger partial charge >= 0.3 is 0 Å². The van der Waals surface area contributed by atoms with Crippen molar-refractivity contribution in [3.63, 3.8) is 0 Å². The Hall–Kier alpha value is -0.290. The second kappa shape index (κ2) is 5.37. The molecule has 2 saturated carbocycles. The van der Waals surface area contributed by atoms with Crippen LogP contribution in [0.25, 0.3) is 0 Å². The fourth-order valence-corrected chi connectivity index (χ4v) is 4.18. The van der Waals surface area contributed by atoms with Crippen molar-refractivity contribution in [2.24, 2.45) is 0 Å². The summed E-state index contributed by atoms with van der Waals surface area (Å²) in [4.78, 5) is 19.4. The van der Waals surface area contributed by atoms with E-state index in [0.717, 1.165) is 22.5 Å². The van der Waals surface area contributed by atoms with Gasteiger partial charge in [0.1, 0.15) is 10.3 Å². The predicted octanol–water partition coefficient (Wildman–Crippen LogP) is 3.59. The van der Waals surface area contributed by atoms with Crippen LogP contribution in [0.4, 0.5) is 0 Å². The van der Waals surface area contributed by atoms with Crippen LogP contribution in [0.3, 0.4) is 0 Å². The Labute approximate surface area is 119 Å². The van der Waals surface area contributed by atoms with E-state index in [9.17, 15) is 4.79 Å². The van der Waals surface area contributed by atoms with Gasteiger partial charge in [0.25, 0.3) is 5.56 Å². The standard InChI is InChI=1S/C13H17BrN2OS/c14-11-12(8-5-6-8)15-10(16-13(11)17)7-18-9-3-1-2-4-9/h8-9H,1-7H2,(H,15,16,17). The summed E-state index contributed by atoms with van der Waals surface area (Å²) in [6.07, 6.45) is 7.70. The molecule has 0 bridgehead atoms. The summed E-state index contributed by atoms with van der Waals surface area (Å²) in [5, 5.41) is 0.767. The second-order valence-corrected chi connectivity index (χ2v) is 7.29. The summed E-state index contributed by atoms with van der Waals surface area (Å²) in [6, 6.07) is 0. The molecular weight excluding hydrogens is 312 g/mol. The van der Waals surface area contributed by atoms with Crippen LogP contribution in [0.5, 0.6) is 0 Å². The van der Waals surface area contributed by atoms with Gasteiger partial charge in [-0.25, -0.2) is 4.98 Å². The Morgan fingerprint density at radius 1 is 1.28 bits per heavy atom. The highest BCUT2D eigenvalue weighted by Crippen LogP contribution is 2.41. The fourth-order valence-electron chi connectivity index (χ4n) is 2.47. The van der Waals surface area contributed by atoms with Crippen molar-refractivity contribution in [2.45, 2.75) is 55.4 Å². The summed E-state index contributed by atoms with van der Waals surface area (Å²) in [5.74, 6) is 2.20. The van der Waals surface area contributed by atoms with Crippen LogP contribution < -0.4 is 5.56 Å². The van der Waals surface area contributed by atoms with Gasteiger partial charge in [-0.3, -0.25) is 4.79 Å². The highest BCUT2D eigenvalue weighted by atomic mass is 79.9. The number of rotatable bonds is 4. The monoisotopic (exact) mass is 328 g/mol. The first kappa shape index (κ1) is 12.7. The number of nitrogens with one attached hydrogen (secondary N) is 1. The normalized spacial score (nSPS) is 20.5. The maximum absolute atomic E-state index is 11.8. The third-order valence-electron chi connectivity index (χ3n) is 3.66. The number of H-pyrrole nitrogens is 1. The van der Waals surface area contributed by atoms with Gasteiger partial charge in [0.2, 0.25) is 0 Å². The molecule has 0 spiro atoms. The largest absolute Gasteiger partial charge is 0.309 e. The Balaban J connectivity index is 1.73. The van der Waals surface area contributed by atoms with E-state index in [4.69, 9.17) is 0 Å². The van der Waals surface area contributed by atoms with Crippen LogP contribution >= 0.6 is 27.7 Å². The molecule has 0 aliphatic heterocycles. The number of aromatic nitrogens is 2. The van der Waals surface area contributed by atoms with Gasteiger partial charge in [0.15, 0.2) is 0 Å². The molecule has 18 heavy (non-hydrogen) atoms. The van der Waals surface area contributed by atoms with Crippen molar-refractivity contribution in [1.29, 1.82) is 0 Å². The Morgan fingerprint density at radius 3 is 2.67 bits per heavy atom. The van der Waals surface area contributed by atoms with Gasteiger partial charge < -0.3 is 4.98 Å². The number of hydrogen-bond acceptors (Lipinski definition) is 3. The molecule has 0 aromatic carbocycles. The molecule has 1 aromatic heterocycles. The lowest BCUT2D eigenvalue weighted by molar-refractivity contribution is 0.881. The summed E-state index contributed by atoms with van der Waals surface area (Å²) in [7, 11) is 0. The van der Waals surface area contributed by atoms with E-state index < -0.39 is 0 Å². The van der Waals surface area contributed by atoms with Gasteiger partial charge in [-0.05, 0) is 41.6 Å². The zero-order chi connectivity index (χ0) is 12.5. The highest BCUT2D eigenvalue weighted by molar-refractivity contribution is 9.10. The van der Waals surface area contributed by atoms with Gasteiger partial charge in [0.05, 0.1) is 11.4 Å². The summed E-state index contributed by atoms with van der Waals surface area (Å²) in [6.45, 7) is 0. The van der Waals surface area contributed by atoms with Crippen LogP contribution in [0.2, 0.25) is 0 Å². The van der Waals surface area contributed by atoms with Crippen molar-refractivity contribution in [2.75, 3.05) is 0 Å². The van der Waals surface area contributed by atoms with Crippen LogP contribution in [0.15, 0.2) is 9.27 Å². The van der Waals surface area contributed by atoms with Crippen LogP contribution in [0, 0.1) is 0 Å². The molecule has 0 unspecified atom stereocenters. The summed E-state index contributed by atoms with van der Waals surface area (Å²) >= 11 is 5.30. The molecule has 0 atom stereocenters. The predicted molar refractivity (Wildman–Crippen MR) is 78.1 cm³/mol. The maximum Gasteiger partial charge on any atom is 0.265 e. The van der Waals surface area contributed by atoms with Gasteiger partial charge in [-0.2, -0.15) is 11.8 Å². The first-order valence-corrected chi connectivity index (χ1v) is 8.48. The molecule has 2 aliphatic rings. The van der Waals surface area contributed by atoms with E-state index in [2.05, 4.69) is 25.9 Å². The Kier molecular flexibility index (Phi) is 3.80. The third kappa shape index (κ3) is 2.82. The zero-order valence-corrected chi connectivity index (χ0v) is 12.6. The van der Waals surface area contributed by atoms with E-state index in [0.29, 0.717) is 10.4 Å². The molecule has 3 rings (SSSR count). The highest BCUT2D eigenvalue weighted by Gasteiger charge is 2.29. The molecule has 0 amide bonds. The average molecular weight is 329 g/mol. The minimum Gasteiger partial charge on any atom is -0.309 e. The smallest absolute Gasteiger partial charge is 0.265 e. The molecule has 98 valence electrons. The van der Waals surface area contributed by atoms with E-state index >= 15 is 0 Å². The molecule has 2 fully saturated rings. The van der Waals surface area contributed by atoms with Crippen molar-refractivity contribution >= 4 is 27.7 Å². The maximum atomic E-state index is 11.8. The molecule has 1 heterocycles. The Bertz CT molecular complexity index is 492. The minimum absolute atomic E-state index is 0.0195.